The van der Waals surface area contributed by atoms with Crippen molar-refractivity contribution in [2.75, 3.05) is 13.1 Å². The van der Waals surface area contributed by atoms with E-state index in [0.29, 0.717) is 38.1 Å². The van der Waals surface area contributed by atoms with Crippen LogP contribution >= 0.6 is 0 Å². The van der Waals surface area contributed by atoms with E-state index >= 15 is 0 Å². The molecule has 1 saturated heterocycles. The van der Waals surface area contributed by atoms with Crippen LogP contribution in [-0.2, 0) is 0 Å². The van der Waals surface area contributed by atoms with Crippen LogP contribution in [0, 0.1) is 17.5 Å². The first-order valence-electron chi connectivity index (χ1n) is 5.96. The maximum absolute atomic E-state index is 13.1. The maximum atomic E-state index is 13.1. The molecule has 6 heteroatoms. The van der Waals surface area contributed by atoms with E-state index in [1.54, 1.807) is 6.92 Å². The Bertz CT molecular complexity index is 484. The quantitative estimate of drug-likeness (QED) is 0.796. The Balaban J connectivity index is 2.17. The summed E-state index contributed by atoms with van der Waals surface area (Å²) in [4.78, 5) is 13.4. The second-order valence-electron chi connectivity index (χ2n) is 5.04. The summed E-state index contributed by atoms with van der Waals surface area (Å²) < 4.78 is 38.9. The number of hydrogen-bond donors (Lipinski definition) is 1. The number of carbonyl (C=O) groups excluding carboxylic acids is 1. The van der Waals surface area contributed by atoms with Crippen molar-refractivity contribution in [3.63, 3.8) is 0 Å². The molecule has 1 aliphatic heterocycles. The van der Waals surface area contributed by atoms with E-state index in [1.165, 1.54) is 4.90 Å². The van der Waals surface area contributed by atoms with Crippen LogP contribution in [0.25, 0.3) is 0 Å². The summed E-state index contributed by atoms with van der Waals surface area (Å²) in [7, 11) is 0. The third kappa shape index (κ3) is 2.89. The standard InChI is InChI=1S/C13H14F3NO2/c1-13(19)2-4-17(5-3-13)12(18)8-6-9(14)11(16)10(15)7-8/h6-7,19H,2-5H2,1H3. The minimum absolute atomic E-state index is 0.224. The van der Waals surface area contributed by atoms with Gasteiger partial charge in [0.15, 0.2) is 17.5 Å². The minimum Gasteiger partial charge on any atom is -0.390 e. The molecular formula is C13H14F3NO2. The highest BCUT2D eigenvalue weighted by Crippen LogP contribution is 2.23. The molecule has 1 aromatic rings. The number of piperidine rings is 1. The minimum atomic E-state index is -1.59. The number of amides is 1. The molecule has 0 aromatic heterocycles. The SMILES string of the molecule is CC1(O)CCN(C(=O)c2cc(F)c(F)c(F)c2)CC1. The molecule has 0 spiro atoms. The molecule has 104 valence electrons. The number of rotatable bonds is 1. The van der Waals surface area contributed by atoms with Crippen molar-refractivity contribution in [3.8, 4) is 0 Å². The van der Waals surface area contributed by atoms with Gasteiger partial charge in [-0.3, -0.25) is 4.79 Å². The Morgan fingerprint density at radius 1 is 1.21 bits per heavy atom. The van der Waals surface area contributed by atoms with Gasteiger partial charge in [0, 0.05) is 18.7 Å². The number of aliphatic hydroxyl groups is 1. The zero-order chi connectivity index (χ0) is 14.2. The zero-order valence-corrected chi connectivity index (χ0v) is 10.4. The largest absolute Gasteiger partial charge is 0.390 e. The molecule has 0 saturated carbocycles. The molecule has 1 aliphatic rings. The number of benzene rings is 1. The fraction of sp³-hybridized carbons (Fsp3) is 0.462. The lowest BCUT2D eigenvalue weighted by atomic mass is 9.93. The van der Waals surface area contributed by atoms with Gasteiger partial charge in [-0.25, -0.2) is 13.2 Å². The van der Waals surface area contributed by atoms with Gasteiger partial charge in [-0.1, -0.05) is 0 Å². The van der Waals surface area contributed by atoms with Gasteiger partial charge < -0.3 is 10.0 Å². The van der Waals surface area contributed by atoms with Gasteiger partial charge in [0.25, 0.3) is 5.91 Å². The van der Waals surface area contributed by atoms with Crippen molar-refractivity contribution in [2.24, 2.45) is 0 Å². The van der Waals surface area contributed by atoms with Crippen LogP contribution in [0.1, 0.15) is 30.1 Å². The Labute approximate surface area is 108 Å². The van der Waals surface area contributed by atoms with Crippen molar-refractivity contribution in [3.05, 3.63) is 35.1 Å². The van der Waals surface area contributed by atoms with E-state index in [0.717, 1.165) is 0 Å². The first-order valence-corrected chi connectivity index (χ1v) is 5.96. The normalized spacial score (nSPS) is 18.5. The fourth-order valence-corrected chi connectivity index (χ4v) is 2.05. The summed E-state index contributed by atoms with van der Waals surface area (Å²) in [6.45, 7) is 2.27. The zero-order valence-electron chi connectivity index (χ0n) is 10.4. The average Bonchev–Trinajstić information content (AvgIpc) is 2.34. The van der Waals surface area contributed by atoms with E-state index in [-0.39, 0.29) is 5.56 Å². The van der Waals surface area contributed by atoms with Crippen LogP contribution in [-0.4, -0.2) is 34.6 Å². The first kappa shape index (κ1) is 13.9. The van der Waals surface area contributed by atoms with Crippen LogP contribution in [0.2, 0.25) is 0 Å². The van der Waals surface area contributed by atoms with E-state index in [9.17, 15) is 23.1 Å². The highest BCUT2D eigenvalue weighted by molar-refractivity contribution is 5.94. The highest BCUT2D eigenvalue weighted by Gasteiger charge is 2.30. The predicted octanol–water partition coefficient (Wildman–Crippen LogP) is 2.09. The monoisotopic (exact) mass is 273 g/mol. The van der Waals surface area contributed by atoms with Gasteiger partial charge >= 0.3 is 0 Å². The molecule has 0 atom stereocenters. The topological polar surface area (TPSA) is 40.5 Å². The molecule has 2 rings (SSSR count). The molecule has 0 bridgehead atoms. The number of nitrogens with zero attached hydrogens (tertiary/aromatic N) is 1. The molecule has 3 nitrogen and oxygen atoms in total. The molecule has 1 heterocycles. The van der Waals surface area contributed by atoms with Gasteiger partial charge in [-0.05, 0) is 31.9 Å². The molecule has 1 N–H and O–H groups in total. The lowest BCUT2D eigenvalue weighted by Gasteiger charge is -2.35. The van der Waals surface area contributed by atoms with Crippen molar-refractivity contribution in [1.29, 1.82) is 0 Å². The molecular weight excluding hydrogens is 259 g/mol. The fourth-order valence-electron chi connectivity index (χ4n) is 2.05. The van der Waals surface area contributed by atoms with Gasteiger partial charge in [-0.15, -0.1) is 0 Å². The van der Waals surface area contributed by atoms with Crippen molar-refractivity contribution in [2.45, 2.75) is 25.4 Å². The van der Waals surface area contributed by atoms with Crippen molar-refractivity contribution >= 4 is 5.91 Å². The Morgan fingerprint density at radius 3 is 2.16 bits per heavy atom. The predicted molar refractivity (Wildman–Crippen MR) is 62.1 cm³/mol. The summed E-state index contributed by atoms with van der Waals surface area (Å²) in [5.41, 5.74) is -1.05. The van der Waals surface area contributed by atoms with Crippen LogP contribution in [0.5, 0.6) is 0 Å². The van der Waals surface area contributed by atoms with Crippen LogP contribution in [0.3, 0.4) is 0 Å². The molecule has 1 fully saturated rings. The van der Waals surface area contributed by atoms with Gasteiger partial charge in [0.05, 0.1) is 5.60 Å². The average molecular weight is 273 g/mol. The lowest BCUT2D eigenvalue weighted by Crippen LogP contribution is -2.45. The molecule has 0 unspecified atom stereocenters. The van der Waals surface area contributed by atoms with Gasteiger partial charge in [-0.2, -0.15) is 0 Å². The number of hydrogen-bond acceptors (Lipinski definition) is 2. The second-order valence-corrected chi connectivity index (χ2v) is 5.04. The highest BCUT2D eigenvalue weighted by atomic mass is 19.2. The number of likely N-dealkylation sites (tertiary alicyclic amines) is 1. The summed E-state index contributed by atoms with van der Waals surface area (Å²) in [6.07, 6.45) is 0.787. The van der Waals surface area contributed by atoms with Crippen LogP contribution in [0.15, 0.2) is 12.1 Å². The lowest BCUT2D eigenvalue weighted by molar-refractivity contribution is -0.00205. The van der Waals surface area contributed by atoms with E-state index in [1.807, 2.05) is 0 Å². The summed E-state index contributed by atoms with van der Waals surface area (Å²) in [5, 5.41) is 9.76. The molecule has 1 aromatic carbocycles. The third-order valence-electron chi connectivity index (χ3n) is 3.36. The Kier molecular flexibility index (Phi) is 3.54. The third-order valence-corrected chi connectivity index (χ3v) is 3.36. The van der Waals surface area contributed by atoms with E-state index in [2.05, 4.69) is 0 Å². The number of halogens is 3. The summed E-state index contributed by atoms with van der Waals surface area (Å²) >= 11 is 0. The van der Waals surface area contributed by atoms with Crippen LogP contribution in [0.4, 0.5) is 13.2 Å². The molecule has 19 heavy (non-hydrogen) atoms. The Morgan fingerprint density at radius 2 is 1.68 bits per heavy atom. The van der Waals surface area contributed by atoms with Crippen molar-refractivity contribution in [1.82, 2.24) is 4.90 Å². The van der Waals surface area contributed by atoms with Gasteiger partial charge in [0.1, 0.15) is 0 Å². The molecule has 0 radical (unpaired) electrons. The maximum Gasteiger partial charge on any atom is 0.254 e. The Hall–Kier alpha value is -1.56. The number of carbonyl (C=O) groups is 1. The van der Waals surface area contributed by atoms with E-state index < -0.39 is 29.0 Å². The molecule has 0 aliphatic carbocycles. The van der Waals surface area contributed by atoms with Crippen LogP contribution < -0.4 is 0 Å². The summed E-state index contributed by atoms with van der Waals surface area (Å²) in [5.74, 6) is -4.91. The van der Waals surface area contributed by atoms with E-state index in [4.69, 9.17) is 0 Å². The van der Waals surface area contributed by atoms with Crippen molar-refractivity contribution < 1.29 is 23.1 Å². The second kappa shape index (κ2) is 4.85. The molecule has 1 amide bonds. The summed E-state index contributed by atoms with van der Waals surface area (Å²) in [6, 6.07) is 1.38. The smallest absolute Gasteiger partial charge is 0.254 e. The first-order chi connectivity index (χ1) is 8.80. The van der Waals surface area contributed by atoms with Gasteiger partial charge in [0.2, 0.25) is 0 Å².